The number of methoxy groups -OCH3 is 2. The van der Waals surface area contributed by atoms with Gasteiger partial charge in [0.25, 0.3) is 0 Å². The fourth-order valence-electron chi connectivity index (χ4n) is 1.50. The Morgan fingerprint density at radius 2 is 2.06 bits per heavy atom. The van der Waals surface area contributed by atoms with E-state index in [1.165, 1.54) is 0 Å². The van der Waals surface area contributed by atoms with Crippen LogP contribution in [0.25, 0.3) is 0 Å². The van der Waals surface area contributed by atoms with Gasteiger partial charge in [0.1, 0.15) is 11.5 Å². The highest BCUT2D eigenvalue weighted by Crippen LogP contribution is 2.39. The molecule has 0 aliphatic heterocycles. The van der Waals surface area contributed by atoms with E-state index in [1.54, 1.807) is 14.2 Å². The molecule has 0 fully saturated rings. The molecule has 90 valence electrons. The second kappa shape index (κ2) is 5.93. The van der Waals surface area contributed by atoms with E-state index in [2.05, 4.69) is 22.6 Å². The van der Waals surface area contributed by atoms with E-state index in [0.29, 0.717) is 17.2 Å². The van der Waals surface area contributed by atoms with Crippen LogP contribution in [0.3, 0.4) is 0 Å². The first-order valence-electron chi connectivity index (χ1n) is 4.85. The Morgan fingerprint density at radius 1 is 1.44 bits per heavy atom. The zero-order valence-corrected chi connectivity index (χ0v) is 12.4. The summed E-state index contributed by atoms with van der Waals surface area (Å²) in [7, 11) is 3.23. The van der Waals surface area contributed by atoms with Gasteiger partial charge in [-0.3, -0.25) is 0 Å². The van der Waals surface area contributed by atoms with E-state index in [4.69, 9.17) is 26.8 Å². The van der Waals surface area contributed by atoms with Gasteiger partial charge >= 0.3 is 0 Å². The van der Waals surface area contributed by atoms with Gasteiger partial charge in [0, 0.05) is 11.6 Å². The summed E-state index contributed by atoms with van der Waals surface area (Å²) in [6.45, 7) is 1.94. The molecule has 5 heteroatoms. The third kappa shape index (κ3) is 2.93. The molecule has 1 aromatic carbocycles. The Balaban J connectivity index is 3.29. The van der Waals surface area contributed by atoms with Gasteiger partial charge in [-0.15, -0.1) is 0 Å². The lowest BCUT2D eigenvalue weighted by atomic mass is 10.1. The summed E-state index contributed by atoms with van der Waals surface area (Å²) in [6, 6.07) is 1.98. The minimum atomic E-state index is 0.0507. The average molecular weight is 356 g/mol. The van der Waals surface area contributed by atoms with Gasteiger partial charge in [-0.2, -0.15) is 0 Å². The SMILES string of the molecule is COc1cc(CC(C)N)c(OC)c(Cl)c1I. The molecule has 1 aromatic rings. The first-order chi connectivity index (χ1) is 7.51. The number of benzene rings is 1. The summed E-state index contributed by atoms with van der Waals surface area (Å²) in [4.78, 5) is 0. The van der Waals surface area contributed by atoms with Crippen molar-refractivity contribution >= 4 is 34.2 Å². The van der Waals surface area contributed by atoms with E-state index in [-0.39, 0.29) is 6.04 Å². The molecule has 0 heterocycles. The lowest BCUT2D eigenvalue weighted by Gasteiger charge is -2.15. The minimum Gasteiger partial charge on any atom is -0.496 e. The van der Waals surface area contributed by atoms with Crippen LogP contribution in [0.2, 0.25) is 5.02 Å². The maximum Gasteiger partial charge on any atom is 0.142 e. The minimum absolute atomic E-state index is 0.0507. The van der Waals surface area contributed by atoms with E-state index in [1.807, 2.05) is 13.0 Å². The first kappa shape index (κ1) is 13.9. The van der Waals surface area contributed by atoms with Gasteiger partial charge in [0.2, 0.25) is 0 Å². The van der Waals surface area contributed by atoms with Crippen molar-refractivity contribution in [2.45, 2.75) is 19.4 Å². The molecule has 0 spiro atoms. The number of hydrogen-bond donors (Lipinski definition) is 1. The Morgan fingerprint density at radius 3 is 2.50 bits per heavy atom. The zero-order valence-electron chi connectivity index (χ0n) is 9.51. The third-order valence-electron chi connectivity index (χ3n) is 2.17. The molecule has 0 aromatic heterocycles. The molecule has 3 nitrogen and oxygen atoms in total. The van der Waals surface area contributed by atoms with Crippen molar-refractivity contribution in [3.05, 3.63) is 20.2 Å². The van der Waals surface area contributed by atoms with Crippen LogP contribution < -0.4 is 15.2 Å². The van der Waals surface area contributed by atoms with Crippen molar-refractivity contribution in [3.8, 4) is 11.5 Å². The lowest BCUT2D eigenvalue weighted by Crippen LogP contribution is -2.18. The van der Waals surface area contributed by atoms with Gasteiger partial charge in [-0.1, -0.05) is 11.6 Å². The fourth-order valence-corrected chi connectivity index (χ4v) is 2.42. The predicted molar refractivity (Wildman–Crippen MR) is 74.6 cm³/mol. The zero-order chi connectivity index (χ0) is 12.3. The van der Waals surface area contributed by atoms with Crippen molar-refractivity contribution in [3.63, 3.8) is 0 Å². The molecule has 0 amide bonds. The van der Waals surface area contributed by atoms with Crippen LogP contribution in [0.5, 0.6) is 11.5 Å². The van der Waals surface area contributed by atoms with Gasteiger partial charge < -0.3 is 15.2 Å². The molecule has 0 radical (unpaired) electrons. The van der Waals surface area contributed by atoms with Crippen molar-refractivity contribution in [1.82, 2.24) is 0 Å². The van der Waals surface area contributed by atoms with E-state index >= 15 is 0 Å². The van der Waals surface area contributed by atoms with Crippen LogP contribution in [-0.4, -0.2) is 20.3 Å². The highest BCUT2D eigenvalue weighted by atomic mass is 127. The van der Waals surface area contributed by atoms with Crippen LogP contribution in [0.4, 0.5) is 0 Å². The van der Waals surface area contributed by atoms with Gasteiger partial charge in [-0.05, 0) is 42.0 Å². The fraction of sp³-hybridized carbons (Fsp3) is 0.455. The van der Waals surface area contributed by atoms with Crippen LogP contribution >= 0.6 is 34.2 Å². The van der Waals surface area contributed by atoms with Crippen LogP contribution in [0.1, 0.15) is 12.5 Å². The van der Waals surface area contributed by atoms with Crippen LogP contribution in [0.15, 0.2) is 6.07 Å². The Labute approximate surface area is 114 Å². The van der Waals surface area contributed by atoms with Gasteiger partial charge in [0.15, 0.2) is 0 Å². The number of rotatable bonds is 4. The van der Waals surface area contributed by atoms with Crippen molar-refractivity contribution in [1.29, 1.82) is 0 Å². The summed E-state index contributed by atoms with van der Waals surface area (Å²) in [5.74, 6) is 1.44. The smallest absolute Gasteiger partial charge is 0.142 e. The number of hydrogen-bond acceptors (Lipinski definition) is 3. The van der Waals surface area contributed by atoms with Gasteiger partial charge in [-0.25, -0.2) is 0 Å². The Hall–Kier alpha value is -0.200. The molecule has 0 aliphatic carbocycles. The Kier molecular flexibility index (Phi) is 5.14. The number of nitrogens with two attached hydrogens (primary N) is 1. The van der Waals surface area contributed by atoms with Crippen LogP contribution in [-0.2, 0) is 6.42 Å². The molecule has 1 rings (SSSR count). The van der Waals surface area contributed by atoms with Crippen molar-refractivity contribution < 1.29 is 9.47 Å². The van der Waals surface area contributed by atoms with Gasteiger partial charge in [0.05, 0.1) is 22.8 Å². The Bertz CT molecular complexity index is 383. The maximum absolute atomic E-state index is 6.21. The molecule has 1 atom stereocenters. The molecule has 0 bridgehead atoms. The number of halogens is 2. The second-order valence-electron chi connectivity index (χ2n) is 3.58. The molecule has 2 N–H and O–H groups in total. The summed E-state index contributed by atoms with van der Waals surface area (Å²) in [5, 5.41) is 0.582. The van der Waals surface area contributed by atoms with Crippen LogP contribution in [0, 0.1) is 3.57 Å². The average Bonchev–Trinajstić information content (AvgIpc) is 2.23. The molecule has 0 saturated carbocycles. The highest BCUT2D eigenvalue weighted by molar-refractivity contribution is 14.1. The van der Waals surface area contributed by atoms with E-state index in [0.717, 1.165) is 14.9 Å². The summed E-state index contributed by atoms with van der Waals surface area (Å²) >= 11 is 8.35. The lowest BCUT2D eigenvalue weighted by molar-refractivity contribution is 0.395. The predicted octanol–water partition coefficient (Wildman–Crippen LogP) is 2.85. The molecular weight excluding hydrogens is 340 g/mol. The highest BCUT2D eigenvalue weighted by Gasteiger charge is 2.17. The summed E-state index contributed by atoms with van der Waals surface area (Å²) < 4.78 is 11.4. The largest absolute Gasteiger partial charge is 0.496 e. The van der Waals surface area contributed by atoms with Crippen molar-refractivity contribution in [2.75, 3.05) is 14.2 Å². The molecule has 0 aliphatic rings. The quantitative estimate of drug-likeness (QED) is 0.845. The summed E-state index contributed by atoms with van der Waals surface area (Å²) in [6.07, 6.45) is 0.705. The third-order valence-corrected chi connectivity index (χ3v) is 3.92. The molecule has 1 unspecified atom stereocenters. The topological polar surface area (TPSA) is 44.5 Å². The maximum atomic E-state index is 6.21. The standard InChI is InChI=1S/C11H15ClINO2/c1-6(14)4-7-5-8(15-2)10(13)9(12)11(7)16-3/h5-6H,4,14H2,1-3H3. The van der Waals surface area contributed by atoms with E-state index < -0.39 is 0 Å². The summed E-state index contributed by atoms with van der Waals surface area (Å²) in [5.41, 5.74) is 6.76. The molecule has 16 heavy (non-hydrogen) atoms. The van der Waals surface area contributed by atoms with Crippen molar-refractivity contribution in [2.24, 2.45) is 5.73 Å². The normalized spacial score (nSPS) is 12.4. The second-order valence-corrected chi connectivity index (χ2v) is 5.04. The number of ether oxygens (including phenoxy) is 2. The van der Waals surface area contributed by atoms with E-state index in [9.17, 15) is 0 Å². The molecule has 0 saturated heterocycles. The molecular formula is C11H15ClINO2. The monoisotopic (exact) mass is 355 g/mol. The first-order valence-corrected chi connectivity index (χ1v) is 6.31.